The molecule has 138 valence electrons. The molecule has 1 unspecified atom stereocenters. The first kappa shape index (κ1) is 17.1. The maximum atomic E-state index is 12.7. The predicted molar refractivity (Wildman–Crippen MR) is 99.5 cm³/mol. The Balaban J connectivity index is 1.50. The molecule has 0 aliphatic carbocycles. The third kappa shape index (κ3) is 3.23. The quantitative estimate of drug-likeness (QED) is 0.769. The second-order valence-corrected chi connectivity index (χ2v) is 6.38. The molecule has 1 aliphatic heterocycles. The minimum absolute atomic E-state index is 0.116. The van der Waals surface area contributed by atoms with E-state index in [4.69, 9.17) is 9.47 Å². The molecule has 4 rings (SSSR count). The lowest BCUT2D eigenvalue weighted by atomic mass is 10.0. The molecule has 27 heavy (non-hydrogen) atoms. The summed E-state index contributed by atoms with van der Waals surface area (Å²) in [6.45, 7) is 2.25. The van der Waals surface area contributed by atoms with Crippen LogP contribution in [0, 0.1) is 6.92 Å². The van der Waals surface area contributed by atoms with E-state index in [1.165, 1.54) is 0 Å². The predicted octanol–water partition coefficient (Wildman–Crippen LogP) is 2.32. The van der Waals surface area contributed by atoms with E-state index >= 15 is 0 Å². The lowest BCUT2D eigenvalue weighted by Gasteiger charge is -2.27. The number of carbonyl (C=O) groups is 1. The van der Waals surface area contributed by atoms with Gasteiger partial charge in [0.15, 0.2) is 17.3 Å². The molecule has 7 heteroatoms. The number of nitrogens with zero attached hydrogens (tertiary/aromatic N) is 3. The zero-order valence-corrected chi connectivity index (χ0v) is 15.2. The summed E-state index contributed by atoms with van der Waals surface area (Å²) in [5.74, 6) is 1.97. The Hall–Kier alpha value is -3.35. The molecule has 1 aromatic carbocycles. The molecule has 7 nitrogen and oxygen atoms in total. The monoisotopic (exact) mass is 364 g/mol. The highest BCUT2D eigenvalue weighted by Crippen LogP contribution is 2.34. The number of hydrogen-bond donors (Lipinski definition) is 1. The first-order valence-corrected chi connectivity index (χ1v) is 8.73. The van der Waals surface area contributed by atoms with Crippen LogP contribution in [0.15, 0.2) is 48.8 Å². The maximum Gasteiger partial charge on any atom is 0.255 e. The molecule has 0 fully saturated rings. The van der Waals surface area contributed by atoms with Crippen molar-refractivity contribution in [2.45, 2.75) is 19.4 Å². The van der Waals surface area contributed by atoms with E-state index in [0.717, 1.165) is 17.0 Å². The van der Waals surface area contributed by atoms with Crippen LogP contribution in [-0.2, 0) is 6.42 Å². The number of para-hydroxylation sites is 1. The molecule has 0 bridgehead atoms. The van der Waals surface area contributed by atoms with Crippen molar-refractivity contribution >= 4 is 5.91 Å². The van der Waals surface area contributed by atoms with E-state index in [9.17, 15) is 4.79 Å². The summed E-state index contributed by atoms with van der Waals surface area (Å²) in [4.78, 5) is 17.0. The van der Waals surface area contributed by atoms with Crippen LogP contribution in [0.25, 0.3) is 5.82 Å². The lowest BCUT2D eigenvalue weighted by molar-refractivity contribution is 0.0914. The van der Waals surface area contributed by atoms with Gasteiger partial charge in [-0.15, -0.1) is 0 Å². The number of fused-ring (bicyclic) bond motifs is 1. The number of ether oxygens (including phenoxy) is 2. The Morgan fingerprint density at radius 1 is 1.30 bits per heavy atom. The average molecular weight is 364 g/mol. The second kappa shape index (κ2) is 7.11. The number of pyridine rings is 1. The van der Waals surface area contributed by atoms with Gasteiger partial charge in [0.25, 0.3) is 5.91 Å². The van der Waals surface area contributed by atoms with Gasteiger partial charge >= 0.3 is 0 Å². The second-order valence-electron chi connectivity index (χ2n) is 6.38. The SMILES string of the molecule is COc1cccc2c1OCC(NC(=O)c1cnn(-c3ccccn3)c1C)C2. The van der Waals surface area contributed by atoms with Gasteiger partial charge < -0.3 is 14.8 Å². The van der Waals surface area contributed by atoms with Crippen LogP contribution in [0.2, 0.25) is 0 Å². The van der Waals surface area contributed by atoms with Gasteiger partial charge in [0.05, 0.1) is 30.6 Å². The van der Waals surface area contributed by atoms with Crippen molar-refractivity contribution in [1.82, 2.24) is 20.1 Å². The van der Waals surface area contributed by atoms with Crippen LogP contribution in [0.5, 0.6) is 11.5 Å². The van der Waals surface area contributed by atoms with E-state index < -0.39 is 0 Å². The molecule has 1 atom stereocenters. The molecule has 0 saturated heterocycles. The Bertz CT molecular complexity index is 969. The van der Waals surface area contributed by atoms with Crippen molar-refractivity contribution in [3.63, 3.8) is 0 Å². The summed E-state index contributed by atoms with van der Waals surface area (Å²) >= 11 is 0. The summed E-state index contributed by atoms with van der Waals surface area (Å²) < 4.78 is 12.8. The van der Waals surface area contributed by atoms with Gasteiger partial charge in [0.1, 0.15) is 6.61 Å². The van der Waals surface area contributed by atoms with Gasteiger partial charge in [-0.25, -0.2) is 9.67 Å². The van der Waals surface area contributed by atoms with Crippen molar-refractivity contribution in [3.8, 4) is 17.3 Å². The Morgan fingerprint density at radius 2 is 2.19 bits per heavy atom. The summed E-state index contributed by atoms with van der Waals surface area (Å²) in [6, 6.07) is 11.2. The zero-order chi connectivity index (χ0) is 18.8. The Morgan fingerprint density at radius 3 is 2.96 bits per heavy atom. The zero-order valence-electron chi connectivity index (χ0n) is 15.2. The largest absolute Gasteiger partial charge is 0.493 e. The van der Waals surface area contributed by atoms with Gasteiger partial charge in [0.2, 0.25) is 0 Å². The molecule has 1 aliphatic rings. The normalized spacial score (nSPS) is 15.6. The lowest BCUT2D eigenvalue weighted by Crippen LogP contribution is -2.42. The number of benzene rings is 1. The van der Waals surface area contributed by atoms with E-state index in [-0.39, 0.29) is 11.9 Å². The standard InChI is InChI=1S/C20H20N4O3/c1-13-16(11-22-24(13)18-8-3-4-9-21-18)20(25)23-15-10-14-6-5-7-17(26-2)19(14)27-12-15/h3-9,11,15H,10,12H2,1-2H3,(H,23,25). The molecule has 0 radical (unpaired) electrons. The molecular formula is C20H20N4O3. The average Bonchev–Trinajstić information content (AvgIpc) is 3.09. The van der Waals surface area contributed by atoms with Gasteiger partial charge in [-0.05, 0) is 31.5 Å². The van der Waals surface area contributed by atoms with Crippen LogP contribution >= 0.6 is 0 Å². The van der Waals surface area contributed by atoms with Crippen LogP contribution in [0.1, 0.15) is 21.6 Å². The molecule has 0 saturated carbocycles. The smallest absolute Gasteiger partial charge is 0.255 e. The maximum absolute atomic E-state index is 12.7. The molecule has 1 amide bonds. The van der Waals surface area contributed by atoms with Crippen molar-refractivity contribution in [2.24, 2.45) is 0 Å². The van der Waals surface area contributed by atoms with Crippen molar-refractivity contribution in [3.05, 3.63) is 65.6 Å². The topological polar surface area (TPSA) is 78.3 Å². The van der Waals surface area contributed by atoms with E-state index in [0.29, 0.717) is 30.2 Å². The number of aromatic nitrogens is 3. The minimum atomic E-state index is -0.172. The van der Waals surface area contributed by atoms with E-state index in [1.54, 1.807) is 24.2 Å². The van der Waals surface area contributed by atoms with Gasteiger partial charge in [-0.3, -0.25) is 4.79 Å². The highest BCUT2D eigenvalue weighted by atomic mass is 16.5. The summed E-state index contributed by atoms with van der Waals surface area (Å²) in [5, 5.41) is 7.34. The fraction of sp³-hybridized carbons (Fsp3) is 0.250. The Labute approximate surface area is 156 Å². The first-order valence-electron chi connectivity index (χ1n) is 8.73. The number of hydrogen-bond acceptors (Lipinski definition) is 5. The van der Waals surface area contributed by atoms with Crippen LogP contribution in [0.3, 0.4) is 0 Å². The molecular weight excluding hydrogens is 344 g/mol. The van der Waals surface area contributed by atoms with Crippen LogP contribution < -0.4 is 14.8 Å². The van der Waals surface area contributed by atoms with Crippen molar-refractivity contribution in [1.29, 1.82) is 0 Å². The number of nitrogens with one attached hydrogen (secondary N) is 1. The van der Waals surface area contributed by atoms with Gasteiger partial charge in [0, 0.05) is 11.8 Å². The van der Waals surface area contributed by atoms with Crippen molar-refractivity contribution in [2.75, 3.05) is 13.7 Å². The number of carbonyl (C=O) groups excluding carboxylic acids is 1. The van der Waals surface area contributed by atoms with Crippen molar-refractivity contribution < 1.29 is 14.3 Å². The molecule has 3 heterocycles. The van der Waals surface area contributed by atoms with Gasteiger partial charge in [-0.1, -0.05) is 18.2 Å². The summed E-state index contributed by atoms with van der Waals surface area (Å²) in [7, 11) is 1.62. The molecule has 0 spiro atoms. The third-order valence-corrected chi connectivity index (χ3v) is 4.63. The Kier molecular flexibility index (Phi) is 4.50. The van der Waals surface area contributed by atoms with E-state index in [1.807, 2.05) is 43.3 Å². The summed E-state index contributed by atoms with van der Waals surface area (Å²) in [5.41, 5.74) is 2.29. The van der Waals surface area contributed by atoms with Crippen LogP contribution in [0.4, 0.5) is 0 Å². The fourth-order valence-corrected chi connectivity index (χ4v) is 3.25. The first-order chi connectivity index (χ1) is 13.2. The highest BCUT2D eigenvalue weighted by molar-refractivity contribution is 5.95. The third-order valence-electron chi connectivity index (χ3n) is 4.63. The molecule has 1 N–H and O–H groups in total. The van der Waals surface area contributed by atoms with E-state index in [2.05, 4.69) is 15.4 Å². The number of amides is 1. The molecule has 3 aromatic rings. The number of rotatable bonds is 4. The summed E-state index contributed by atoms with van der Waals surface area (Å²) in [6.07, 6.45) is 3.95. The highest BCUT2D eigenvalue weighted by Gasteiger charge is 2.25. The van der Waals surface area contributed by atoms with Gasteiger partial charge in [-0.2, -0.15) is 5.10 Å². The number of methoxy groups -OCH3 is 1. The fourth-order valence-electron chi connectivity index (χ4n) is 3.25. The minimum Gasteiger partial charge on any atom is -0.493 e. The molecule has 2 aromatic heterocycles. The van der Waals surface area contributed by atoms with Crippen LogP contribution in [-0.4, -0.2) is 40.4 Å².